The summed E-state index contributed by atoms with van der Waals surface area (Å²) in [5, 5.41) is 3.53. The van der Waals surface area contributed by atoms with Gasteiger partial charge in [0.1, 0.15) is 0 Å². The molecule has 1 N–H and O–H groups in total. The van der Waals surface area contributed by atoms with Gasteiger partial charge in [0, 0.05) is 11.6 Å². The molecule has 18 heavy (non-hydrogen) atoms. The molecule has 0 saturated carbocycles. The predicted molar refractivity (Wildman–Crippen MR) is 80.0 cm³/mol. The van der Waals surface area contributed by atoms with Crippen molar-refractivity contribution in [2.75, 3.05) is 21.1 Å². The highest BCUT2D eigenvalue weighted by molar-refractivity contribution is 5.17. The highest BCUT2D eigenvalue weighted by Gasteiger charge is 2.36. The summed E-state index contributed by atoms with van der Waals surface area (Å²) in [6.45, 7) is 4.58. The third-order valence-corrected chi connectivity index (χ3v) is 4.39. The SMILES string of the molecule is CCC(CC)(C(Cc1ccccc1)NC)N(C)C. The Bertz CT molecular complexity index is 328. The van der Waals surface area contributed by atoms with Crippen LogP contribution in [0.3, 0.4) is 0 Å². The Kier molecular flexibility index (Phi) is 5.83. The summed E-state index contributed by atoms with van der Waals surface area (Å²) >= 11 is 0. The molecule has 1 aromatic rings. The van der Waals surface area contributed by atoms with Crippen LogP contribution in [0.4, 0.5) is 0 Å². The van der Waals surface area contributed by atoms with Gasteiger partial charge in [0.2, 0.25) is 0 Å². The lowest BCUT2D eigenvalue weighted by Gasteiger charge is -2.45. The molecule has 0 aliphatic carbocycles. The second kappa shape index (κ2) is 6.91. The van der Waals surface area contributed by atoms with Crippen molar-refractivity contribution in [3.63, 3.8) is 0 Å². The number of rotatable bonds is 7. The fraction of sp³-hybridized carbons (Fsp3) is 0.625. The number of hydrogen-bond acceptors (Lipinski definition) is 2. The molecule has 0 aromatic heterocycles. The van der Waals surface area contributed by atoms with Gasteiger partial charge in [-0.25, -0.2) is 0 Å². The van der Waals surface area contributed by atoms with Crippen molar-refractivity contribution in [1.82, 2.24) is 10.2 Å². The number of nitrogens with zero attached hydrogens (tertiary/aromatic N) is 1. The average Bonchev–Trinajstić information content (AvgIpc) is 2.40. The van der Waals surface area contributed by atoms with Crippen LogP contribution in [-0.4, -0.2) is 37.6 Å². The monoisotopic (exact) mass is 248 g/mol. The van der Waals surface area contributed by atoms with E-state index in [-0.39, 0.29) is 5.54 Å². The van der Waals surface area contributed by atoms with E-state index >= 15 is 0 Å². The quantitative estimate of drug-likeness (QED) is 0.798. The highest BCUT2D eigenvalue weighted by Crippen LogP contribution is 2.27. The first-order chi connectivity index (χ1) is 8.60. The van der Waals surface area contributed by atoms with Crippen LogP contribution in [-0.2, 0) is 6.42 Å². The molecule has 0 saturated heterocycles. The number of nitrogens with one attached hydrogen (secondary N) is 1. The number of benzene rings is 1. The first-order valence-electron chi connectivity index (χ1n) is 6.99. The van der Waals surface area contributed by atoms with Crippen molar-refractivity contribution in [3.8, 4) is 0 Å². The Morgan fingerprint density at radius 2 is 1.67 bits per heavy atom. The van der Waals surface area contributed by atoms with E-state index < -0.39 is 0 Å². The van der Waals surface area contributed by atoms with Gasteiger partial charge in [-0.15, -0.1) is 0 Å². The smallest absolute Gasteiger partial charge is 0.0354 e. The largest absolute Gasteiger partial charge is 0.315 e. The normalized spacial score (nSPS) is 13.9. The number of likely N-dealkylation sites (N-methyl/N-ethyl adjacent to an activating group) is 2. The standard InChI is InChI=1S/C16H28N2/c1-6-16(7-2,18(4)5)15(17-3)13-14-11-9-8-10-12-14/h8-12,15,17H,6-7,13H2,1-5H3. The van der Waals surface area contributed by atoms with E-state index in [0.29, 0.717) is 6.04 Å². The van der Waals surface area contributed by atoms with Gasteiger partial charge in [-0.1, -0.05) is 44.2 Å². The fourth-order valence-electron chi connectivity index (χ4n) is 3.10. The van der Waals surface area contributed by atoms with Crippen LogP contribution in [0.5, 0.6) is 0 Å². The summed E-state index contributed by atoms with van der Waals surface area (Å²) in [5.74, 6) is 0. The van der Waals surface area contributed by atoms with Crippen LogP contribution in [0.2, 0.25) is 0 Å². The zero-order valence-corrected chi connectivity index (χ0v) is 12.5. The van der Waals surface area contributed by atoms with E-state index in [9.17, 15) is 0 Å². The summed E-state index contributed by atoms with van der Waals surface area (Å²) in [6, 6.07) is 11.2. The molecule has 0 aliphatic heterocycles. The maximum Gasteiger partial charge on any atom is 0.0354 e. The lowest BCUT2D eigenvalue weighted by Crippen LogP contribution is -2.58. The van der Waals surface area contributed by atoms with E-state index in [1.165, 1.54) is 5.56 Å². The molecule has 2 nitrogen and oxygen atoms in total. The summed E-state index contributed by atoms with van der Waals surface area (Å²) < 4.78 is 0. The average molecular weight is 248 g/mol. The molecule has 0 aliphatic rings. The molecule has 0 bridgehead atoms. The molecule has 1 unspecified atom stereocenters. The molecule has 0 heterocycles. The first kappa shape index (κ1) is 15.2. The van der Waals surface area contributed by atoms with E-state index in [4.69, 9.17) is 0 Å². The molecule has 1 rings (SSSR count). The van der Waals surface area contributed by atoms with E-state index in [1.54, 1.807) is 0 Å². The van der Waals surface area contributed by atoms with Crippen molar-refractivity contribution in [1.29, 1.82) is 0 Å². The Labute approximate surface area is 112 Å². The van der Waals surface area contributed by atoms with Crippen LogP contribution in [0.15, 0.2) is 30.3 Å². The Morgan fingerprint density at radius 3 is 2.06 bits per heavy atom. The Balaban J connectivity index is 2.93. The minimum absolute atomic E-state index is 0.227. The zero-order valence-electron chi connectivity index (χ0n) is 12.5. The maximum atomic E-state index is 3.53. The Morgan fingerprint density at radius 1 is 1.11 bits per heavy atom. The van der Waals surface area contributed by atoms with Crippen molar-refractivity contribution in [2.45, 2.75) is 44.7 Å². The lowest BCUT2D eigenvalue weighted by atomic mass is 9.80. The van der Waals surface area contributed by atoms with Crippen LogP contribution >= 0.6 is 0 Å². The van der Waals surface area contributed by atoms with Gasteiger partial charge in [0.25, 0.3) is 0 Å². The van der Waals surface area contributed by atoms with Crippen LogP contribution < -0.4 is 5.32 Å². The van der Waals surface area contributed by atoms with E-state index in [0.717, 1.165) is 19.3 Å². The summed E-state index contributed by atoms with van der Waals surface area (Å²) in [4.78, 5) is 2.39. The van der Waals surface area contributed by atoms with Crippen molar-refractivity contribution in [2.24, 2.45) is 0 Å². The molecule has 0 fully saturated rings. The van der Waals surface area contributed by atoms with Gasteiger partial charge >= 0.3 is 0 Å². The fourth-order valence-corrected chi connectivity index (χ4v) is 3.10. The second-order valence-electron chi connectivity index (χ2n) is 5.24. The molecule has 1 aromatic carbocycles. The Hall–Kier alpha value is -0.860. The van der Waals surface area contributed by atoms with E-state index in [2.05, 4.69) is 75.5 Å². The van der Waals surface area contributed by atoms with Crippen LogP contribution in [0.25, 0.3) is 0 Å². The molecule has 2 heteroatoms. The molecular weight excluding hydrogens is 220 g/mol. The minimum atomic E-state index is 0.227. The second-order valence-corrected chi connectivity index (χ2v) is 5.24. The molecule has 102 valence electrons. The van der Waals surface area contributed by atoms with Crippen molar-refractivity contribution >= 4 is 0 Å². The van der Waals surface area contributed by atoms with Gasteiger partial charge in [0.15, 0.2) is 0 Å². The first-order valence-corrected chi connectivity index (χ1v) is 6.99. The summed E-state index contributed by atoms with van der Waals surface area (Å²) in [7, 11) is 6.47. The van der Waals surface area contributed by atoms with Crippen molar-refractivity contribution in [3.05, 3.63) is 35.9 Å². The molecule has 1 atom stereocenters. The number of hydrogen-bond donors (Lipinski definition) is 1. The third-order valence-electron chi connectivity index (χ3n) is 4.39. The van der Waals surface area contributed by atoms with E-state index in [1.807, 2.05) is 0 Å². The summed E-state index contributed by atoms with van der Waals surface area (Å²) in [6.07, 6.45) is 3.40. The highest BCUT2D eigenvalue weighted by atomic mass is 15.2. The molecule has 0 amide bonds. The van der Waals surface area contributed by atoms with Gasteiger partial charge in [-0.05, 0) is 46.0 Å². The van der Waals surface area contributed by atoms with Gasteiger partial charge in [0.05, 0.1) is 0 Å². The van der Waals surface area contributed by atoms with Crippen molar-refractivity contribution < 1.29 is 0 Å². The zero-order chi connectivity index (χ0) is 13.6. The molecule has 0 spiro atoms. The topological polar surface area (TPSA) is 15.3 Å². The maximum absolute atomic E-state index is 3.53. The predicted octanol–water partition coefficient (Wildman–Crippen LogP) is 2.94. The van der Waals surface area contributed by atoms with Crippen LogP contribution in [0, 0.1) is 0 Å². The third kappa shape index (κ3) is 3.12. The lowest BCUT2D eigenvalue weighted by molar-refractivity contribution is 0.0917. The molecular formula is C16H28N2. The molecule has 0 radical (unpaired) electrons. The van der Waals surface area contributed by atoms with Crippen LogP contribution in [0.1, 0.15) is 32.3 Å². The minimum Gasteiger partial charge on any atom is -0.315 e. The van der Waals surface area contributed by atoms with Gasteiger partial charge in [-0.2, -0.15) is 0 Å². The van der Waals surface area contributed by atoms with Gasteiger partial charge in [-0.3, -0.25) is 0 Å². The summed E-state index contributed by atoms with van der Waals surface area (Å²) in [5.41, 5.74) is 1.63. The van der Waals surface area contributed by atoms with Gasteiger partial charge < -0.3 is 10.2 Å².